The van der Waals surface area contributed by atoms with E-state index in [-0.39, 0.29) is 0 Å². The molecule has 0 aliphatic rings. The van der Waals surface area contributed by atoms with E-state index in [1.807, 2.05) is 0 Å². The number of aliphatic hydroxyl groups excluding tert-OH is 1. The van der Waals surface area contributed by atoms with Crippen LogP contribution in [0.15, 0.2) is 11.9 Å². The van der Waals surface area contributed by atoms with E-state index in [2.05, 4.69) is 0 Å². The van der Waals surface area contributed by atoms with Crippen molar-refractivity contribution in [1.82, 2.24) is 0 Å². The molecule has 0 aromatic rings. The van der Waals surface area contributed by atoms with E-state index in [1.54, 1.807) is 0 Å². The van der Waals surface area contributed by atoms with Crippen LogP contribution in [0, 0.1) is 0 Å². The van der Waals surface area contributed by atoms with Crippen molar-refractivity contribution in [2.24, 2.45) is 0 Å². The van der Waals surface area contributed by atoms with Crippen LogP contribution in [-0.2, 0) is 4.79 Å². The van der Waals surface area contributed by atoms with Crippen LogP contribution in [0.4, 0.5) is 35.1 Å². The Morgan fingerprint density at radius 1 is 1.17 bits per heavy atom. The van der Waals surface area contributed by atoms with Gasteiger partial charge in [0.05, 0.1) is 20.1 Å². The molecule has 0 amide bonds. The average molecular weight is 359 g/mol. The molecule has 0 heterocycles. The number of quaternary nitrogens is 1. The van der Waals surface area contributed by atoms with E-state index >= 15 is 0 Å². The molecule has 0 aliphatic heterocycles. The minimum atomic E-state index is -6.71. The van der Waals surface area contributed by atoms with Crippen molar-refractivity contribution in [1.29, 1.82) is 0 Å². The average Bonchev–Trinajstić information content (AvgIpc) is 2.23. The summed E-state index contributed by atoms with van der Waals surface area (Å²) in [4.78, 5) is 10.4. The summed E-state index contributed by atoms with van der Waals surface area (Å²) >= 11 is 0. The fourth-order valence-corrected chi connectivity index (χ4v) is 1.57. The molecule has 4 nitrogen and oxygen atoms in total. The van der Waals surface area contributed by atoms with Gasteiger partial charge in [-0.2, -0.15) is 30.7 Å². The van der Waals surface area contributed by atoms with Crippen molar-refractivity contribution < 1.29 is 54.6 Å². The van der Waals surface area contributed by atoms with Gasteiger partial charge in [0, 0.05) is 0 Å². The lowest BCUT2D eigenvalue weighted by atomic mass is 10.1. The van der Waals surface area contributed by atoms with Gasteiger partial charge in [0.1, 0.15) is 19.2 Å². The van der Waals surface area contributed by atoms with Gasteiger partial charge in [0.25, 0.3) is 0 Å². The van der Waals surface area contributed by atoms with Crippen molar-refractivity contribution in [3.8, 4) is 0 Å². The highest BCUT2D eigenvalue weighted by atomic mass is 19.4. The van der Waals surface area contributed by atoms with Crippen LogP contribution in [0.3, 0.4) is 0 Å². The molecule has 0 spiro atoms. The number of nitrogens with zero attached hydrogens (tertiary/aromatic N) is 1. The van der Waals surface area contributed by atoms with Gasteiger partial charge in [0.15, 0.2) is 5.83 Å². The molecule has 1 atom stereocenters. The smallest absolute Gasteiger partial charge is 0.460 e. The lowest BCUT2D eigenvalue weighted by Gasteiger charge is -2.31. The van der Waals surface area contributed by atoms with Crippen LogP contribution in [0.5, 0.6) is 0 Å². The van der Waals surface area contributed by atoms with Gasteiger partial charge in [0.2, 0.25) is 0 Å². The number of alkyl halides is 7. The molecule has 1 N–H and O–H groups in total. The SMILES string of the molecule is C[N+](C)(CC(=O)[O-])CC(O)C=C(F)C(F)(F)C(F)(F)C(F)(F)F. The zero-order valence-electron chi connectivity index (χ0n) is 11.8. The molecule has 12 heteroatoms. The maximum atomic E-state index is 13.1. The molecule has 0 fully saturated rings. The summed E-state index contributed by atoms with van der Waals surface area (Å²) in [7, 11) is 2.29. The fraction of sp³-hybridized carbons (Fsp3) is 0.727. The number of carbonyl (C=O) groups excluding carboxylic acids is 1. The topological polar surface area (TPSA) is 60.4 Å². The summed E-state index contributed by atoms with van der Waals surface area (Å²) in [6.07, 6.45) is -9.47. The van der Waals surface area contributed by atoms with Crippen LogP contribution in [-0.4, -0.2) is 66.9 Å². The van der Waals surface area contributed by atoms with Gasteiger partial charge in [-0.05, 0) is 6.08 Å². The zero-order chi connectivity index (χ0) is 18.9. The molecule has 0 bridgehead atoms. The van der Waals surface area contributed by atoms with Gasteiger partial charge in [-0.3, -0.25) is 0 Å². The molecule has 0 aliphatic carbocycles. The number of halogens is 8. The predicted octanol–water partition coefficient (Wildman–Crippen LogP) is 0.860. The predicted molar refractivity (Wildman–Crippen MR) is 58.0 cm³/mol. The third kappa shape index (κ3) is 5.30. The third-order valence-electron chi connectivity index (χ3n) is 2.63. The van der Waals surface area contributed by atoms with Crippen molar-refractivity contribution >= 4 is 5.97 Å². The molecule has 1 unspecified atom stereocenters. The first kappa shape index (κ1) is 21.6. The Hall–Kier alpha value is -1.43. The van der Waals surface area contributed by atoms with Crippen LogP contribution >= 0.6 is 0 Å². The Morgan fingerprint density at radius 3 is 1.96 bits per heavy atom. The van der Waals surface area contributed by atoms with E-state index in [1.165, 1.54) is 0 Å². The van der Waals surface area contributed by atoms with E-state index in [0.29, 0.717) is 0 Å². The van der Waals surface area contributed by atoms with Gasteiger partial charge >= 0.3 is 18.0 Å². The van der Waals surface area contributed by atoms with Crippen molar-refractivity contribution in [3.63, 3.8) is 0 Å². The molecule has 0 saturated heterocycles. The number of carboxylic acids is 1. The number of carboxylic acid groups (broad SMARTS) is 1. The summed E-state index contributed by atoms with van der Waals surface area (Å²) in [6, 6.07) is 0. The summed E-state index contributed by atoms with van der Waals surface area (Å²) in [6.45, 7) is -1.50. The second-order valence-electron chi connectivity index (χ2n) is 5.38. The summed E-state index contributed by atoms with van der Waals surface area (Å²) in [5, 5.41) is 19.7. The number of hydrogen-bond donors (Lipinski definition) is 1. The number of likely N-dealkylation sites (N-methyl/N-ethyl adjacent to an activating group) is 1. The summed E-state index contributed by atoms with van der Waals surface area (Å²) < 4.78 is 99.2. The number of aliphatic carboxylic acids is 1. The Morgan fingerprint density at radius 2 is 1.61 bits per heavy atom. The standard InChI is InChI=1S/C11H13F8NO3/c1-20(2,5-8(22)23)4-6(21)3-7(12)9(13,14)10(15,16)11(17,18)19/h3,6,21H,4-5H2,1-2H3. The van der Waals surface area contributed by atoms with E-state index in [9.17, 15) is 50.1 Å². The van der Waals surface area contributed by atoms with Crippen molar-refractivity contribution in [3.05, 3.63) is 11.9 Å². The van der Waals surface area contributed by atoms with E-state index in [0.717, 1.165) is 14.1 Å². The van der Waals surface area contributed by atoms with Crippen LogP contribution < -0.4 is 5.11 Å². The second kappa shape index (κ2) is 6.59. The van der Waals surface area contributed by atoms with Gasteiger partial charge in [-0.15, -0.1) is 0 Å². The van der Waals surface area contributed by atoms with Gasteiger partial charge in [-0.1, -0.05) is 0 Å². The second-order valence-corrected chi connectivity index (χ2v) is 5.38. The number of carbonyl (C=O) groups is 1. The zero-order valence-corrected chi connectivity index (χ0v) is 11.8. The fourth-order valence-electron chi connectivity index (χ4n) is 1.57. The number of aliphatic hydroxyl groups is 1. The monoisotopic (exact) mass is 359 g/mol. The minimum absolute atomic E-state index is 0.519. The lowest BCUT2D eigenvalue weighted by molar-refractivity contribution is -0.887. The molecule has 0 radical (unpaired) electrons. The molecule has 0 aromatic carbocycles. The molecule has 0 aromatic heterocycles. The molecular formula is C11H13F8NO3. The number of rotatable bonds is 7. The minimum Gasteiger partial charge on any atom is -0.544 e. The van der Waals surface area contributed by atoms with Gasteiger partial charge in [-0.25, -0.2) is 4.39 Å². The highest BCUT2D eigenvalue weighted by molar-refractivity contribution is 5.65. The first-order valence-electron chi connectivity index (χ1n) is 5.84. The van der Waals surface area contributed by atoms with Crippen LogP contribution in [0.1, 0.15) is 0 Å². The first-order chi connectivity index (χ1) is 9.94. The lowest BCUT2D eigenvalue weighted by Crippen LogP contribution is -2.53. The maximum Gasteiger partial charge on any atom is 0.460 e. The van der Waals surface area contributed by atoms with Crippen molar-refractivity contribution in [2.45, 2.75) is 24.1 Å². The quantitative estimate of drug-likeness (QED) is 0.542. The van der Waals surface area contributed by atoms with Crippen LogP contribution in [0.2, 0.25) is 0 Å². The first-order valence-corrected chi connectivity index (χ1v) is 5.84. The third-order valence-corrected chi connectivity index (χ3v) is 2.63. The Labute approximate surface area is 125 Å². The van der Waals surface area contributed by atoms with E-state index in [4.69, 9.17) is 0 Å². The molecule has 0 saturated carbocycles. The molecule has 0 rings (SSSR count). The highest BCUT2D eigenvalue weighted by Gasteiger charge is 2.75. The van der Waals surface area contributed by atoms with E-state index < -0.39 is 59.6 Å². The summed E-state index contributed by atoms with van der Waals surface area (Å²) in [5.74, 6) is -17.7. The van der Waals surface area contributed by atoms with Crippen LogP contribution in [0.25, 0.3) is 0 Å². The number of hydrogen-bond acceptors (Lipinski definition) is 3. The Balaban J connectivity index is 5.31. The highest BCUT2D eigenvalue weighted by Crippen LogP contribution is 2.50. The Bertz CT molecular complexity index is 472. The largest absolute Gasteiger partial charge is 0.544 e. The normalized spacial score (nSPS) is 16.4. The summed E-state index contributed by atoms with van der Waals surface area (Å²) in [5.41, 5.74) is 0. The number of allylic oxidation sites excluding steroid dienone is 1. The van der Waals surface area contributed by atoms with Gasteiger partial charge < -0.3 is 19.5 Å². The Kier molecular flexibility index (Phi) is 6.18. The molecule has 136 valence electrons. The maximum absolute atomic E-state index is 13.1. The molecular weight excluding hydrogens is 346 g/mol. The molecule has 23 heavy (non-hydrogen) atoms. The van der Waals surface area contributed by atoms with Crippen molar-refractivity contribution in [2.75, 3.05) is 27.2 Å².